The molecule has 26 heavy (non-hydrogen) atoms. The molecule has 0 unspecified atom stereocenters. The summed E-state index contributed by atoms with van der Waals surface area (Å²) < 4.78 is 10.5. The number of carboxylic acids is 2. The lowest BCUT2D eigenvalue weighted by molar-refractivity contribution is -0.164. The first-order valence-electron chi connectivity index (χ1n) is 8.21. The third-order valence-electron chi connectivity index (χ3n) is 5.08. The molecule has 0 radical (unpaired) electrons. The largest absolute Gasteiger partial charge is 0.497 e. The van der Waals surface area contributed by atoms with Crippen LogP contribution in [0.3, 0.4) is 0 Å². The fourth-order valence-electron chi connectivity index (χ4n) is 3.89. The van der Waals surface area contributed by atoms with Crippen LogP contribution in [0, 0.1) is 11.8 Å². The first kappa shape index (κ1) is 17.8. The second-order valence-corrected chi connectivity index (χ2v) is 6.33. The van der Waals surface area contributed by atoms with Gasteiger partial charge in [0.25, 0.3) is 0 Å². The number of benzene rings is 2. The Morgan fingerprint density at radius 3 is 1.46 bits per heavy atom. The van der Waals surface area contributed by atoms with Crippen molar-refractivity contribution in [3.63, 3.8) is 0 Å². The number of hydrogen-bond donors (Lipinski definition) is 2. The molecular weight excluding hydrogens is 336 g/mol. The van der Waals surface area contributed by atoms with Crippen molar-refractivity contribution in [3.05, 3.63) is 59.7 Å². The molecule has 2 N–H and O–H groups in total. The number of ether oxygens (including phenoxy) is 2. The third kappa shape index (κ3) is 2.98. The van der Waals surface area contributed by atoms with Gasteiger partial charge in [0.2, 0.25) is 0 Å². The first-order valence-corrected chi connectivity index (χ1v) is 8.21. The van der Waals surface area contributed by atoms with E-state index in [0.717, 1.165) is 11.1 Å². The Labute approximate surface area is 151 Å². The van der Waals surface area contributed by atoms with Crippen LogP contribution in [-0.4, -0.2) is 36.4 Å². The van der Waals surface area contributed by atoms with Crippen molar-refractivity contribution in [3.8, 4) is 11.5 Å². The Morgan fingerprint density at radius 2 is 1.15 bits per heavy atom. The van der Waals surface area contributed by atoms with Gasteiger partial charge in [0.1, 0.15) is 11.5 Å². The maximum atomic E-state index is 11.8. The molecule has 0 amide bonds. The van der Waals surface area contributed by atoms with Crippen molar-refractivity contribution in [2.45, 2.75) is 11.8 Å². The van der Waals surface area contributed by atoms with Gasteiger partial charge in [-0.15, -0.1) is 0 Å². The lowest BCUT2D eigenvalue weighted by Crippen LogP contribution is -2.51. The molecule has 0 heterocycles. The molecule has 0 spiro atoms. The van der Waals surface area contributed by atoms with E-state index >= 15 is 0 Å². The maximum absolute atomic E-state index is 11.8. The molecule has 1 fully saturated rings. The normalized spacial score (nSPS) is 24.4. The second-order valence-electron chi connectivity index (χ2n) is 6.33. The summed E-state index contributed by atoms with van der Waals surface area (Å²) in [6.07, 6.45) is 0. The summed E-state index contributed by atoms with van der Waals surface area (Å²) in [5.74, 6) is -3.93. The zero-order valence-corrected chi connectivity index (χ0v) is 14.5. The first-order chi connectivity index (χ1) is 12.5. The van der Waals surface area contributed by atoms with Crippen molar-refractivity contribution >= 4 is 11.9 Å². The summed E-state index contributed by atoms with van der Waals surface area (Å²) in [7, 11) is 3.07. The van der Waals surface area contributed by atoms with E-state index < -0.39 is 35.6 Å². The minimum Gasteiger partial charge on any atom is -0.497 e. The highest BCUT2D eigenvalue weighted by Crippen LogP contribution is 2.58. The van der Waals surface area contributed by atoms with Gasteiger partial charge in [-0.3, -0.25) is 9.59 Å². The highest BCUT2D eigenvalue weighted by molar-refractivity contribution is 5.85. The molecule has 1 aliphatic carbocycles. The van der Waals surface area contributed by atoms with Crippen LogP contribution in [0.4, 0.5) is 0 Å². The van der Waals surface area contributed by atoms with Crippen LogP contribution in [0.15, 0.2) is 48.5 Å². The minimum absolute atomic E-state index is 0.462. The lowest BCUT2D eigenvalue weighted by Gasteiger charge is -2.48. The lowest BCUT2D eigenvalue weighted by atomic mass is 9.52. The Hall–Kier alpha value is -3.02. The van der Waals surface area contributed by atoms with Gasteiger partial charge in [-0.25, -0.2) is 0 Å². The minimum atomic E-state index is -1.11. The molecule has 1 saturated carbocycles. The average Bonchev–Trinajstić information content (AvgIpc) is 2.60. The Kier molecular flexibility index (Phi) is 4.84. The maximum Gasteiger partial charge on any atom is 0.308 e. The number of hydrogen-bond acceptors (Lipinski definition) is 4. The van der Waals surface area contributed by atoms with Crippen LogP contribution >= 0.6 is 0 Å². The fraction of sp³-hybridized carbons (Fsp3) is 0.300. The van der Waals surface area contributed by atoms with Crippen molar-refractivity contribution < 1.29 is 29.3 Å². The Bertz CT molecular complexity index is 761. The van der Waals surface area contributed by atoms with Gasteiger partial charge in [-0.1, -0.05) is 24.3 Å². The Balaban J connectivity index is 2.09. The van der Waals surface area contributed by atoms with E-state index in [1.54, 1.807) is 36.4 Å². The smallest absolute Gasteiger partial charge is 0.308 e. The van der Waals surface area contributed by atoms with Crippen LogP contribution in [0.1, 0.15) is 23.0 Å². The third-order valence-corrected chi connectivity index (χ3v) is 5.08. The summed E-state index contributed by atoms with van der Waals surface area (Å²) in [4.78, 5) is 23.6. The molecular formula is C20H20O6. The Morgan fingerprint density at radius 1 is 0.769 bits per heavy atom. The predicted molar refractivity (Wildman–Crippen MR) is 93.7 cm³/mol. The molecule has 6 heteroatoms. The average molecular weight is 356 g/mol. The number of carboxylic acid groups (broad SMARTS) is 2. The van der Waals surface area contributed by atoms with E-state index in [9.17, 15) is 19.8 Å². The summed E-state index contributed by atoms with van der Waals surface area (Å²) >= 11 is 0. The highest BCUT2D eigenvalue weighted by Gasteiger charge is 2.58. The molecule has 1 aliphatic rings. The van der Waals surface area contributed by atoms with Gasteiger partial charge >= 0.3 is 11.9 Å². The van der Waals surface area contributed by atoms with Gasteiger partial charge in [-0.05, 0) is 35.4 Å². The van der Waals surface area contributed by atoms with Gasteiger partial charge in [0.15, 0.2) is 0 Å². The molecule has 0 aromatic heterocycles. The van der Waals surface area contributed by atoms with E-state index in [-0.39, 0.29) is 0 Å². The molecule has 0 saturated heterocycles. The highest BCUT2D eigenvalue weighted by atomic mass is 16.5. The molecule has 136 valence electrons. The summed E-state index contributed by atoms with van der Waals surface area (Å²) in [6, 6.07) is 14.3. The zero-order valence-electron chi connectivity index (χ0n) is 14.5. The number of aliphatic carboxylic acids is 2. The van der Waals surface area contributed by atoms with E-state index in [0.29, 0.717) is 11.5 Å². The standard InChI is InChI=1S/C20H20O6/c1-25-13-7-3-5-11(9-13)15-16(12-6-4-8-14(10-12)26-2)18(20(23)24)17(15)19(21)22/h3-10,15-18H,1-2H3,(H,21,22)(H,23,24)/t15-,16-,17+,18+/m0/s1. The topological polar surface area (TPSA) is 93.1 Å². The van der Waals surface area contributed by atoms with E-state index in [1.807, 2.05) is 12.1 Å². The van der Waals surface area contributed by atoms with E-state index in [1.165, 1.54) is 14.2 Å². The van der Waals surface area contributed by atoms with E-state index in [4.69, 9.17) is 9.47 Å². The molecule has 2 aromatic carbocycles. The van der Waals surface area contributed by atoms with Gasteiger partial charge < -0.3 is 19.7 Å². The predicted octanol–water partition coefficient (Wildman–Crippen LogP) is 2.99. The van der Waals surface area contributed by atoms with Crippen LogP contribution < -0.4 is 9.47 Å². The second kappa shape index (κ2) is 7.07. The molecule has 0 bridgehead atoms. The summed E-state index contributed by atoms with van der Waals surface area (Å²) in [6.45, 7) is 0. The van der Waals surface area contributed by atoms with Crippen molar-refractivity contribution in [2.75, 3.05) is 14.2 Å². The molecule has 0 aliphatic heterocycles. The SMILES string of the molecule is COc1cccc([C@@H]2[C@@H](C(=O)O)[C@H](C(=O)O)[C@H]2c2cccc(OC)c2)c1. The summed E-state index contributed by atoms with van der Waals surface area (Å²) in [5.41, 5.74) is 1.50. The number of carbonyl (C=O) groups is 2. The van der Waals surface area contributed by atoms with Crippen LogP contribution in [-0.2, 0) is 9.59 Å². The summed E-state index contributed by atoms with van der Waals surface area (Å²) in [5, 5.41) is 19.3. The van der Waals surface area contributed by atoms with Crippen molar-refractivity contribution in [1.82, 2.24) is 0 Å². The van der Waals surface area contributed by atoms with Gasteiger partial charge in [0, 0.05) is 11.8 Å². The molecule has 6 nitrogen and oxygen atoms in total. The van der Waals surface area contributed by atoms with E-state index in [2.05, 4.69) is 0 Å². The molecule has 3 rings (SSSR count). The number of methoxy groups -OCH3 is 2. The van der Waals surface area contributed by atoms with Crippen LogP contribution in [0.2, 0.25) is 0 Å². The zero-order chi connectivity index (χ0) is 18.8. The monoisotopic (exact) mass is 356 g/mol. The molecule has 4 atom stereocenters. The van der Waals surface area contributed by atoms with Crippen molar-refractivity contribution in [2.24, 2.45) is 11.8 Å². The quantitative estimate of drug-likeness (QED) is 0.826. The molecule has 2 aromatic rings. The number of rotatable bonds is 6. The fourth-order valence-corrected chi connectivity index (χ4v) is 3.89. The van der Waals surface area contributed by atoms with Crippen molar-refractivity contribution in [1.29, 1.82) is 0 Å². The van der Waals surface area contributed by atoms with Gasteiger partial charge in [0.05, 0.1) is 26.1 Å². The van der Waals surface area contributed by atoms with Crippen LogP contribution in [0.25, 0.3) is 0 Å². The van der Waals surface area contributed by atoms with Gasteiger partial charge in [-0.2, -0.15) is 0 Å². The van der Waals surface area contributed by atoms with Crippen LogP contribution in [0.5, 0.6) is 11.5 Å².